The number of amides is 2. The second kappa shape index (κ2) is 9.44. The van der Waals surface area contributed by atoms with Gasteiger partial charge >= 0.3 is 0 Å². The zero-order valence-electron chi connectivity index (χ0n) is 13.9. The molecule has 1 aliphatic heterocycles. The van der Waals surface area contributed by atoms with Gasteiger partial charge in [-0.25, -0.2) is 9.97 Å². The van der Waals surface area contributed by atoms with Gasteiger partial charge in [-0.3, -0.25) is 9.59 Å². The average Bonchev–Trinajstić information content (AvgIpc) is 2.63. The molecule has 0 atom stereocenters. The van der Waals surface area contributed by atoms with Crippen molar-refractivity contribution in [3.05, 3.63) is 42.8 Å². The van der Waals surface area contributed by atoms with Crippen molar-refractivity contribution in [3.63, 3.8) is 0 Å². The van der Waals surface area contributed by atoms with Crippen LogP contribution in [-0.2, 0) is 9.59 Å². The van der Waals surface area contributed by atoms with E-state index in [0.29, 0.717) is 45.1 Å². The Morgan fingerprint density at radius 1 is 1.17 bits per heavy atom. The molecule has 1 aromatic heterocycles. The summed E-state index contributed by atoms with van der Waals surface area (Å²) >= 11 is 0. The maximum atomic E-state index is 12.2. The summed E-state index contributed by atoms with van der Waals surface area (Å²) in [4.78, 5) is 36.0. The van der Waals surface area contributed by atoms with Crippen LogP contribution >= 0.6 is 0 Å². The van der Waals surface area contributed by atoms with Crippen LogP contribution in [0.25, 0.3) is 0 Å². The highest BCUT2D eigenvalue weighted by atomic mass is 16.2. The van der Waals surface area contributed by atoms with Crippen molar-refractivity contribution in [2.75, 3.05) is 37.6 Å². The summed E-state index contributed by atoms with van der Waals surface area (Å²) in [5.41, 5.74) is 0. The van der Waals surface area contributed by atoms with E-state index in [0.717, 1.165) is 0 Å². The minimum Gasteiger partial charge on any atom is -0.352 e. The third-order valence-corrected chi connectivity index (χ3v) is 3.66. The highest BCUT2D eigenvalue weighted by molar-refractivity contribution is 5.88. The lowest BCUT2D eigenvalue weighted by Crippen LogP contribution is -2.49. The van der Waals surface area contributed by atoms with Gasteiger partial charge in [0.1, 0.15) is 0 Å². The number of hydrogen-bond donors (Lipinski definition) is 1. The maximum Gasteiger partial charge on any atom is 0.243 e. The fraction of sp³-hybridized carbons (Fsp3) is 0.412. The Kier molecular flexibility index (Phi) is 6.94. The van der Waals surface area contributed by atoms with Crippen LogP contribution in [0.3, 0.4) is 0 Å². The fourth-order valence-electron chi connectivity index (χ4n) is 2.37. The Hall–Kier alpha value is -2.70. The number of nitrogens with zero attached hydrogens (tertiary/aromatic N) is 4. The third-order valence-electron chi connectivity index (χ3n) is 3.66. The zero-order valence-corrected chi connectivity index (χ0v) is 13.9. The molecule has 0 saturated carbocycles. The van der Waals surface area contributed by atoms with Gasteiger partial charge in [0.05, 0.1) is 0 Å². The van der Waals surface area contributed by atoms with Crippen LogP contribution in [-0.4, -0.2) is 59.4 Å². The summed E-state index contributed by atoms with van der Waals surface area (Å²) in [5.74, 6) is 0.568. The van der Waals surface area contributed by atoms with Crippen molar-refractivity contribution in [1.82, 2.24) is 20.2 Å². The van der Waals surface area contributed by atoms with Crippen LogP contribution in [0.2, 0.25) is 0 Å². The van der Waals surface area contributed by atoms with E-state index >= 15 is 0 Å². The number of aromatic nitrogens is 2. The van der Waals surface area contributed by atoms with Crippen molar-refractivity contribution in [2.45, 2.75) is 13.3 Å². The highest BCUT2D eigenvalue weighted by Crippen LogP contribution is 2.10. The molecule has 1 aliphatic rings. The summed E-state index contributed by atoms with van der Waals surface area (Å²) in [7, 11) is 0. The smallest absolute Gasteiger partial charge is 0.243 e. The first-order valence-corrected chi connectivity index (χ1v) is 8.07. The van der Waals surface area contributed by atoms with Gasteiger partial charge in [0.25, 0.3) is 0 Å². The van der Waals surface area contributed by atoms with Crippen molar-refractivity contribution in [1.29, 1.82) is 0 Å². The van der Waals surface area contributed by atoms with Crippen molar-refractivity contribution in [3.8, 4) is 0 Å². The molecule has 1 fully saturated rings. The van der Waals surface area contributed by atoms with E-state index in [1.807, 2.05) is 17.9 Å². The molecule has 1 aromatic rings. The largest absolute Gasteiger partial charge is 0.352 e. The standard InChI is InChI=1S/C17H23N5O2/c1-2-3-4-6-15(23)18-10-7-16(24)21-11-13-22(14-12-21)17-19-8-5-9-20-17/h2-6,8-9H,7,10-14H2,1H3,(H,18,23). The summed E-state index contributed by atoms with van der Waals surface area (Å²) < 4.78 is 0. The SMILES string of the molecule is CC=CC=CC(=O)NCCC(=O)N1CCN(c2ncccn2)CC1. The number of carbonyl (C=O) groups is 2. The van der Waals surface area contributed by atoms with Crippen LogP contribution in [0, 0.1) is 0 Å². The number of hydrogen-bond acceptors (Lipinski definition) is 5. The van der Waals surface area contributed by atoms with Gasteiger partial charge in [0.2, 0.25) is 17.8 Å². The molecule has 0 aromatic carbocycles. The Labute approximate surface area is 142 Å². The minimum absolute atomic E-state index is 0.0568. The summed E-state index contributed by atoms with van der Waals surface area (Å²) in [6.45, 7) is 4.95. The molecule has 128 valence electrons. The van der Waals surface area contributed by atoms with Gasteiger partial charge in [-0.1, -0.05) is 18.2 Å². The van der Waals surface area contributed by atoms with Gasteiger partial charge < -0.3 is 15.1 Å². The van der Waals surface area contributed by atoms with E-state index in [-0.39, 0.29) is 11.8 Å². The molecule has 2 rings (SSSR count). The molecule has 2 heterocycles. The van der Waals surface area contributed by atoms with Gasteiger partial charge in [-0.2, -0.15) is 0 Å². The Morgan fingerprint density at radius 2 is 1.88 bits per heavy atom. The van der Waals surface area contributed by atoms with E-state index in [1.54, 1.807) is 30.6 Å². The van der Waals surface area contributed by atoms with Crippen molar-refractivity contribution < 1.29 is 9.59 Å². The number of piperazine rings is 1. The second-order valence-corrected chi connectivity index (χ2v) is 5.34. The summed E-state index contributed by atoms with van der Waals surface area (Å²) in [5, 5.41) is 2.71. The van der Waals surface area contributed by atoms with Crippen LogP contribution in [0.1, 0.15) is 13.3 Å². The molecule has 7 nitrogen and oxygen atoms in total. The molecular formula is C17H23N5O2. The lowest BCUT2D eigenvalue weighted by Gasteiger charge is -2.34. The Balaban J connectivity index is 1.68. The van der Waals surface area contributed by atoms with E-state index < -0.39 is 0 Å². The first kappa shape index (κ1) is 17.7. The normalized spacial score (nSPS) is 15.2. The van der Waals surface area contributed by atoms with Crippen molar-refractivity contribution in [2.24, 2.45) is 0 Å². The molecule has 0 aliphatic carbocycles. The maximum absolute atomic E-state index is 12.2. The van der Waals surface area contributed by atoms with Crippen LogP contribution in [0.15, 0.2) is 42.8 Å². The molecular weight excluding hydrogens is 306 g/mol. The molecule has 0 bridgehead atoms. The number of anilines is 1. The average molecular weight is 329 g/mol. The number of nitrogens with one attached hydrogen (secondary N) is 1. The molecule has 0 radical (unpaired) electrons. The lowest BCUT2D eigenvalue weighted by molar-refractivity contribution is -0.131. The number of allylic oxidation sites excluding steroid dienone is 3. The topological polar surface area (TPSA) is 78.4 Å². The Morgan fingerprint density at radius 3 is 2.54 bits per heavy atom. The second-order valence-electron chi connectivity index (χ2n) is 5.34. The van der Waals surface area contributed by atoms with Crippen LogP contribution in [0.4, 0.5) is 5.95 Å². The quantitative estimate of drug-likeness (QED) is 0.616. The monoisotopic (exact) mass is 329 g/mol. The molecule has 0 spiro atoms. The van der Waals surface area contributed by atoms with Gasteiger partial charge in [-0.05, 0) is 13.0 Å². The van der Waals surface area contributed by atoms with Gasteiger partial charge in [-0.15, -0.1) is 0 Å². The molecule has 0 unspecified atom stereocenters. The molecule has 1 saturated heterocycles. The first-order chi connectivity index (χ1) is 11.7. The summed E-state index contributed by atoms with van der Waals surface area (Å²) in [6.07, 6.45) is 10.5. The van der Waals surface area contributed by atoms with Crippen LogP contribution in [0.5, 0.6) is 0 Å². The molecule has 1 N–H and O–H groups in total. The Bertz CT molecular complexity index is 592. The predicted octanol–water partition coefficient (Wildman–Crippen LogP) is 0.764. The van der Waals surface area contributed by atoms with Gasteiger partial charge in [0, 0.05) is 57.6 Å². The minimum atomic E-state index is -0.188. The molecule has 7 heteroatoms. The number of carbonyl (C=O) groups excluding carboxylic acids is 2. The molecule has 2 amide bonds. The number of rotatable bonds is 6. The van der Waals surface area contributed by atoms with E-state index in [9.17, 15) is 9.59 Å². The third kappa shape index (κ3) is 5.49. The van der Waals surface area contributed by atoms with Gasteiger partial charge in [0.15, 0.2) is 0 Å². The first-order valence-electron chi connectivity index (χ1n) is 8.07. The summed E-state index contributed by atoms with van der Waals surface area (Å²) in [6, 6.07) is 1.78. The fourth-order valence-corrected chi connectivity index (χ4v) is 2.37. The van der Waals surface area contributed by atoms with E-state index in [4.69, 9.17) is 0 Å². The van der Waals surface area contributed by atoms with E-state index in [2.05, 4.69) is 20.2 Å². The zero-order chi connectivity index (χ0) is 17.2. The van der Waals surface area contributed by atoms with Crippen LogP contribution < -0.4 is 10.2 Å². The lowest BCUT2D eigenvalue weighted by atomic mass is 10.3. The predicted molar refractivity (Wildman–Crippen MR) is 92.4 cm³/mol. The highest BCUT2D eigenvalue weighted by Gasteiger charge is 2.21. The van der Waals surface area contributed by atoms with Crippen molar-refractivity contribution >= 4 is 17.8 Å². The molecule has 24 heavy (non-hydrogen) atoms. The van der Waals surface area contributed by atoms with E-state index in [1.165, 1.54) is 6.08 Å².